The normalized spacial score (nSPS) is 29.0. The molecule has 3 fully saturated rings. The van der Waals surface area contributed by atoms with E-state index in [9.17, 15) is 14.7 Å². The van der Waals surface area contributed by atoms with Gasteiger partial charge in [0.2, 0.25) is 0 Å². The van der Waals surface area contributed by atoms with E-state index in [-0.39, 0.29) is 44.2 Å². The lowest BCUT2D eigenvalue weighted by atomic mass is 9.94. The van der Waals surface area contributed by atoms with Crippen molar-refractivity contribution in [2.24, 2.45) is 0 Å². The molecule has 9 rings (SSSR count). The standard InChI is InChI=1S/C50H48ClNO11S/c1-2-26-57-45-41(53)49(60-39-30-59-48(62-43(39)45)33-18-10-5-11-19-33)63-42-38(29-56-27-31-14-6-3-7-15-31)61-50(64-35-24-22-34(51)23-25-35)40(44(42)58-28-32-16-8-4-9-17-32)52-46(54)36-20-12-13-21-37(36)47(52)55/h2-25,38-45,48-50,53H,1,26-30H2/t38-,39-,40-,41+,42-,43+,44-,45+,48+,49+,50+/m1/s1. The van der Waals surface area contributed by atoms with E-state index in [0.29, 0.717) is 5.02 Å². The number of nitrogens with zero attached hydrogens (tertiary/aromatic N) is 1. The van der Waals surface area contributed by atoms with Gasteiger partial charge in [-0.1, -0.05) is 133 Å². The van der Waals surface area contributed by atoms with Gasteiger partial charge in [0.25, 0.3) is 11.8 Å². The molecule has 0 radical (unpaired) electrons. The molecule has 2 amide bonds. The van der Waals surface area contributed by atoms with Crippen LogP contribution in [0.4, 0.5) is 0 Å². The molecule has 0 bridgehead atoms. The molecule has 3 saturated heterocycles. The Morgan fingerprint density at radius 1 is 0.734 bits per heavy atom. The molecule has 12 nitrogen and oxygen atoms in total. The first-order valence-corrected chi connectivity index (χ1v) is 22.5. The van der Waals surface area contributed by atoms with Crippen LogP contribution in [0.3, 0.4) is 0 Å². The van der Waals surface area contributed by atoms with E-state index in [2.05, 4.69) is 6.58 Å². The van der Waals surface area contributed by atoms with E-state index in [0.717, 1.165) is 21.6 Å². The number of ether oxygens (including phenoxy) is 8. The van der Waals surface area contributed by atoms with E-state index < -0.39 is 78.6 Å². The average molecular weight is 906 g/mol. The van der Waals surface area contributed by atoms with Gasteiger partial charge in [-0.05, 0) is 47.5 Å². The van der Waals surface area contributed by atoms with Crippen LogP contribution in [0, 0.1) is 0 Å². The molecule has 5 aromatic rings. The van der Waals surface area contributed by atoms with Crippen LogP contribution < -0.4 is 0 Å². The molecule has 1 N–H and O–H groups in total. The first kappa shape index (κ1) is 44.5. The fraction of sp³-hybridized carbons (Fsp3) is 0.320. The molecule has 64 heavy (non-hydrogen) atoms. The molecule has 0 saturated carbocycles. The lowest BCUT2D eigenvalue weighted by Gasteiger charge is -2.51. The van der Waals surface area contributed by atoms with Gasteiger partial charge in [-0.2, -0.15) is 0 Å². The highest BCUT2D eigenvalue weighted by molar-refractivity contribution is 7.99. The van der Waals surface area contributed by atoms with Crippen molar-refractivity contribution in [1.82, 2.24) is 4.90 Å². The number of hydrogen-bond donors (Lipinski definition) is 1. The Morgan fingerprint density at radius 2 is 1.36 bits per heavy atom. The highest BCUT2D eigenvalue weighted by atomic mass is 35.5. The van der Waals surface area contributed by atoms with E-state index in [1.54, 1.807) is 42.5 Å². The third-order valence-corrected chi connectivity index (χ3v) is 13.0. The van der Waals surface area contributed by atoms with Crippen molar-refractivity contribution in [3.63, 3.8) is 0 Å². The third-order valence-electron chi connectivity index (χ3n) is 11.6. The SMILES string of the molecule is C=CCO[C@H]1[C@H](O)[C@H](O[C@H]2[C@H](OCc3ccccc3)[C@@H](N3C(=O)c4ccccc4C3=O)[C@H](Sc3ccc(Cl)cc3)O[C@@H]2COCc2ccccc2)O[C@@H]2CO[C@H](c3ccccc3)O[C@H]12. The summed E-state index contributed by atoms with van der Waals surface area (Å²) in [6.45, 7) is 4.35. The molecule has 4 aliphatic rings. The maximum absolute atomic E-state index is 14.5. The molecule has 4 aliphatic heterocycles. The summed E-state index contributed by atoms with van der Waals surface area (Å²) in [6.07, 6.45) is -7.42. The lowest BCUT2D eigenvalue weighted by molar-refractivity contribution is -0.380. The minimum Gasteiger partial charge on any atom is -0.385 e. The van der Waals surface area contributed by atoms with Crippen LogP contribution in [0.2, 0.25) is 5.02 Å². The van der Waals surface area contributed by atoms with Gasteiger partial charge >= 0.3 is 0 Å². The van der Waals surface area contributed by atoms with E-state index in [4.69, 9.17) is 49.5 Å². The Morgan fingerprint density at radius 3 is 2.02 bits per heavy atom. The topological polar surface area (TPSA) is 131 Å². The minimum absolute atomic E-state index is 0.00643. The van der Waals surface area contributed by atoms with Crippen LogP contribution in [0.15, 0.2) is 157 Å². The lowest BCUT2D eigenvalue weighted by Crippen LogP contribution is -2.68. The molecule has 0 aliphatic carbocycles. The largest absolute Gasteiger partial charge is 0.385 e. The van der Waals surface area contributed by atoms with Gasteiger partial charge in [0.1, 0.15) is 54.2 Å². The first-order chi connectivity index (χ1) is 31.4. The predicted octanol–water partition coefficient (Wildman–Crippen LogP) is 7.78. The quantitative estimate of drug-likeness (QED) is 0.0767. The Labute approximate surface area is 380 Å². The molecule has 14 heteroatoms. The number of imide groups is 1. The molecule has 332 valence electrons. The fourth-order valence-electron chi connectivity index (χ4n) is 8.49. The van der Waals surface area contributed by atoms with Gasteiger partial charge in [0, 0.05) is 15.5 Å². The highest BCUT2D eigenvalue weighted by Crippen LogP contribution is 2.43. The van der Waals surface area contributed by atoms with E-state index in [1.165, 1.54) is 16.7 Å². The number of aliphatic hydroxyl groups is 1. The van der Waals surface area contributed by atoms with Crippen LogP contribution in [0.25, 0.3) is 0 Å². The predicted molar refractivity (Wildman–Crippen MR) is 237 cm³/mol. The zero-order chi connectivity index (χ0) is 44.0. The van der Waals surface area contributed by atoms with Gasteiger partial charge in [-0.3, -0.25) is 14.5 Å². The molecular formula is C50H48ClNO11S. The first-order valence-electron chi connectivity index (χ1n) is 21.2. The molecule has 5 aromatic carbocycles. The highest BCUT2D eigenvalue weighted by Gasteiger charge is 2.58. The summed E-state index contributed by atoms with van der Waals surface area (Å²) >= 11 is 7.64. The fourth-order valence-corrected chi connectivity index (χ4v) is 9.79. The summed E-state index contributed by atoms with van der Waals surface area (Å²) in [5.41, 5.74) is 2.20. The number of hydrogen-bond acceptors (Lipinski definition) is 12. The second-order valence-electron chi connectivity index (χ2n) is 15.8. The summed E-state index contributed by atoms with van der Waals surface area (Å²) in [4.78, 5) is 31.1. The smallest absolute Gasteiger partial charge is 0.262 e. The summed E-state index contributed by atoms with van der Waals surface area (Å²) in [5, 5.41) is 12.8. The van der Waals surface area contributed by atoms with Crippen molar-refractivity contribution in [2.45, 2.75) is 84.9 Å². The Balaban J connectivity index is 1.10. The van der Waals surface area contributed by atoms with Crippen molar-refractivity contribution in [3.05, 3.63) is 185 Å². The van der Waals surface area contributed by atoms with Gasteiger partial charge in [-0.15, -0.1) is 6.58 Å². The molecule has 0 unspecified atom stereocenters. The summed E-state index contributed by atoms with van der Waals surface area (Å²) < 4.78 is 52.8. The molecule has 11 atom stereocenters. The van der Waals surface area contributed by atoms with Gasteiger partial charge in [-0.25, -0.2) is 0 Å². The van der Waals surface area contributed by atoms with Gasteiger partial charge < -0.3 is 43.0 Å². The number of thioether (sulfide) groups is 1. The molecule has 4 heterocycles. The third kappa shape index (κ3) is 9.76. The summed E-state index contributed by atoms with van der Waals surface area (Å²) in [7, 11) is 0. The van der Waals surface area contributed by atoms with E-state index in [1.807, 2.05) is 103 Å². The van der Waals surface area contributed by atoms with Crippen molar-refractivity contribution < 1.29 is 52.6 Å². The number of fused-ring (bicyclic) bond motifs is 2. The van der Waals surface area contributed by atoms with E-state index >= 15 is 0 Å². The van der Waals surface area contributed by atoms with Crippen molar-refractivity contribution in [3.8, 4) is 0 Å². The number of carbonyl (C=O) groups excluding carboxylic acids is 2. The second-order valence-corrected chi connectivity index (χ2v) is 17.4. The number of carbonyl (C=O) groups is 2. The molecular weight excluding hydrogens is 858 g/mol. The molecule has 0 spiro atoms. The maximum atomic E-state index is 14.5. The number of amides is 2. The maximum Gasteiger partial charge on any atom is 0.262 e. The van der Waals surface area contributed by atoms with Crippen LogP contribution in [0.1, 0.15) is 43.7 Å². The number of aliphatic hydroxyl groups excluding tert-OH is 1. The van der Waals surface area contributed by atoms with Crippen LogP contribution in [-0.2, 0) is 51.1 Å². The Bertz CT molecular complexity index is 2310. The van der Waals surface area contributed by atoms with Crippen LogP contribution in [-0.4, -0.2) is 102 Å². The monoisotopic (exact) mass is 905 g/mol. The van der Waals surface area contributed by atoms with Gasteiger partial charge in [0.15, 0.2) is 12.6 Å². The average Bonchev–Trinajstić information content (AvgIpc) is 3.58. The van der Waals surface area contributed by atoms with Gasteiger partial charge in [0.05, 0.1) is 44.2 Å². The second kappa shape index (κ2) is 20.6. The zero-order valence-corrected chi connectivity index (χ0v) is 36.3. The summed E-state index contributed by atoms with van der Waals surface area (Å²) in [5.74, 6) is -0.998. The summed E-state index contributed by atoms with van der Waals surface area (Å²) in [6, 6.07) is 41.6. The van der Waals surface area contributed by atoms with Crippen molar-refractivity contribution in [2.75, 3.05) is 19.8 Å². The zero-order valence-electron chi connectivity index (χ0n) is 34.7. The Kier molecular flexibility index (Phi) is 14.3. The van der Waals surface area contributed by atoms with Crippen LogP contribution in [0.5, 0.6) is 0 Å². The van der Waals surface area contributed by atoms with Crippen molar-refractivity contribution >= 4 is 35.2 Å². The minimum atomic E-state index is -1.41. The molecule has 0 aromatic heterocycles. The number of halogens is 1. The number of rotatable bonds is 16. The Hall–Kier alpha value is -4.74. The van der Waals surface area contributed by atoms with Crippen LogP contribution >= 0.6 is 23.4 Å². The van der Waals surface area contributed by atoms with Crippen molar-refractivity contribution in [1.29, 1.82) is 0 Å². The number of benzene rings is 5.